The van der Waals surface area contributed by atoms with Gasteiger partial charge in [-0.2, -0.15) is 0 Å². The number of phenols is 1. The summed E-state index contributed by atoms with van der Waals surface area (Å²) in [6.07, 6.45) is 0. The van der Waals surface area contributed by atoms with Gasteiger partial charge in [-0.15, -0.1) is 0 Å². The van der Waals surface area contributed by atoms with Gasteiger partial charge in [-0.1, -0.05) is 106 Å². The van der Waals surface area contributed by atoms with E-state index >= 15 is 0 Å². The van der Waals surface area contributed by atoms with Gasteiger partial charge in [-0.25, -0.2) is 0 Å². The van der Waals surface area contributed by atoms with E-state index in [1.807, 2.05) is 0 Å². The number of hydrogen-bond donors (Lipinski definition) is 1. The van der Waals surface area contributed by atoms with Crippen LogP contribution in [-0.4, -0.2) is 5.11 Å². The fourth-order valence-corrected chi connectivity index (χ4v) is 5.35. The summed E-state index contributed by atoms with van der Waals surface area (Å²) in [6, 6.07) is 30.1. The molecule has 0 heterocycles. The van der Waals surface area contributed by atoms with E-state index in [4.69, 9.17) is 0 Å². The fraction of sp³-hybridized carbons (Fsp3) is 0.273. The third-order valence-electron chi connectivity index (χ3n) is 7.59. The minimum Gasteiger partial charge on any atom is -0.507 e. The molecule has 0 radical (unpaired) electrons. The highest BCUT2D eigenvalue weighted by atomic mass is 16.3. The van der Waals surface area contributed by atoms with Gasteiger partial charge in [-0.05, 0) is 59.7 Å². The number of hydrogen-bond acceptors (Lipinski definition) is 1. The van der Waals surface area contributed by atoms with Crippen LogP contribution < -0.4 is 0 Å². The van der Waals surface area contributed by atoms with Crippen molar-refractivity contribution in [2.45, 2.75) is 59.3 Å². The van der Waals surface area contributed by atoms with Crippen molar-refractivity contribution < 1.29 is 5.11 Å². The Morgan fingerprint density at radius 3 is 1.15 bits per heavy atom. The van der Waals surface area contributed by atoms with Gasteiger partial charge in [-0.3, -0.25) is 0 Å². The summed E-state index contributed by atoms with van der Waals surface area (Å²) in [5.74, 6) is 0.834. The summed E-state index contributed by atoms with van der Waals surface area (Å²) < 4.78 is 0. The van der Waals surface area contributed by atoms with Crippen molar-refractivity contribution >= 4 is 0 Å². The molecule has 1 nitrogen and oxygen atoms in total. The smallest absolute Gasteiger partial charge is 0.123 e. The molecular formula is C33H36O. The summed E-state index contributed by atoms with van der Waals surface area (Å²) in [7, 11) is 0. The van der Waals surface area contributed by atoms with Gasteiger partial charge in [0.15, 0.2) is 0 Å². The van der Waals surface area contributed by atoms with Gasteiger partial charge in [0.25, 0.3) is 0 Å². The molecule has 4 rings (SSSR count). The van der Waals surface area contributed by atoms with E-state index in [0.717, 1.165) is 11.1 Å². The summed E-state index contributed by atoms with van der Waals surface area (Å²) in [5.41, 5.74) is 10.9. The van der Waals surface area contributed by atoms with E-state index < -0.39 is 0 Å². The molecule has 0 aliphatic heterocycles. The van der Waals surface area contributed by atoms with Crippen molar-refractivity contribution in [2.24, 2.45) is 0 Å². The van der Waals surface area contributed by atoms with Crippen molar-refractivity contribution in [3.8, 4) is 5.75 Å². The van der Waals surface area contributed by atoms with Crippen LogP contribution in [0.3, 0.4) is 0 Å². The summed E-state index contributed by atoms with van der Waals surface area (Å²) in [4.78, 5) is 0. The molecule has 34 heavy (non-hydrogen) atoms. The first-order valence-electron chi connectivity index (χ1n) is 12.3. The maximum absolute atomic E-state index is 11.7. The maximum atomic E-state index is 11.7. The Bertz CT molecular complexity index is 1230. The molecule has 174 valence electrons. The topological polar surface area (TPSA) is 20.2 Å². The molecule has 1 N–H and O–H groups in total. The number of benzene rings is 4. The van der Waals surface area contributed by atoms with Crippen LogP contribution in [0.5, 0.6) is 5.75 Å². The average molecular weight is 449 g/mol. The standard InChI is InChI=1S/C33H36O/c1-21-13-7-10-16-28(21)24(4)27-19-31(25(5)29-17-11-8-14-22(29)2)33(34)32(20-27)26(6)30-18-12-9-15-23(30)3/h7-20,24-26,34H,1-6H3. The second kappa shape index (κ2) is 9.89. The van der Waals surface area contributed by atoms with Crippen LogP contribution >= 0.6 is 0 Å². The van der Waals surface area contributed by atoms with Gasteiger partial charge in [0, 0.05) is 28.9 Å². The molecule has 0 aliphatic rings. The van der Waals surface area contributed by atoms with Crippen molar-refractivity contribution in [1.82, 2.24) is 0 Å². The first-order valence-corrected chi connectivity index (χ1v) is 12.3. The lowest BCUT2D eigenvalue weighted by Crippen LogP contribution is -2.08. The lowest BCUT2D eigenvalue weighted by Gasteiger charge is -2.25. The van der Waals surface area contributed by atoms with Crippen molar-refractivity contribution in [3.05, 3.63) is 135 Å². The summed E-state index contributed by atoms with van der Waals surface area (Å²) >= 11 is 0. The molecule has 0 saturated heterocycles. The van der Waals surface area contributed by atoms with Crippen molar-refractivity contribution in [2.75, 3.05) is 0 Å². The van der Waals surface area contributed by atoms with Crippen LogP contribution in [0.2, 0.25) is 0 Å². The molecule has 0 spiro atoms. The Labute approximate surface area is 205 Å². The van der Waals surface area contributed by atoms with E-state index in [9.17, 15) is 5.11 Å². The van der Waals surface area contributed by atoms with Gasteiger partial charge in [0.2, 0.25) is 0 Å². The van der Waals surface area contributed by atoms with Crippen molar-refractivity contribution in [1.29, 1.82) is 0 Å². The molecule has 4 aromatic rings. The first kappa shape index (κ1) is 23.8. The highest BCUT2D eigenvalue weighted by molar-refractivity contribution is 5.55. The Morgan fingerprint density at radius 2 is 0.794 bits per heavy atom. The first-order chi connectivity index (χ1) is 16.3. The molecule has 0 fully saturated rings. The molecular weight excluding hydrogens is 412 g/mol. The number of phenolic OH excluding ortho intramolecular Hbond substituents is 1. The molecule has 0 amide bonds. The Morgan fingerprint density at radius 1 is 0.471 bits per heavy atom. The lowest BCUT2D eigenvalue weighted by atomic mass is 9.80. The Hall–Kier alpha value is -3.32. The summed E-state index contributed by atoms with van der Waals surface area (Å²) in [6.45, 7) is 13.2. The highest BCUT2D eigenvalue weighted by Crippen LogP contribution is 2.43. The number of aromatic hydroxyl groups is 1. The van der Waals surface area contributed by atoms with Crippen LogP contribution in [0.4, 0.5) is 0 Å². The SMILES string of the molecule is Cc1ccccc1C(C)c1cc(C(C)c2ccccc2C)c(O)c(C(C)c2ccccc2C)c1. The molecule has 0 aromatic heterocycles. The lowest BCUT2D eigenvalue weighted by molar-refractivity contribution is 0.456. The average Bonchev–Trinajstić information content (AvgIpc) is 2.84. The van der Waals surface area contributed by atoms with E-state index in [2.05, 4.69) is 126 Å². The third-order valence-corrected chi connectivity index (χ3v) is 7.59. The zero-order valence-corrected chi connectivity index (χ0v) is 21.3. The van der Waals surface area contributed by atoms with Gasteiger partial charge in [0.05, 0.1) is 0 Å². The van der Waals surface area contributed by atoms with Crippen LogP contribution in [-0.2, 0) is 0 Å². The van der Waals surface area contributed by atoms with Gasteiger partial charge in [0.1, 0.15) is 5.75 Å². The summed E-state index contributed by atoms with van der Waals surface area (Å²) in [5, 5.41) is 11.7. The van der Waals surface area contributed by atoms with Crippen LogP contribution in [0, 0.1) is 20.8 Å². The second-order valence-corrected chi connectivity index (χ2v) is 9.78. The zero-order valence-electron chi connectivity index (χ0n) is 21.3. The molecule has 0 aliphatic carbocycles. The van der Waals surface area contributed by atoms with Gasteiger partial charge >= 0.3 is 0 Å². The van der Waals surface area contributed by atoms with E-state index in [1.165, 1.54) is 38.9 Å². The highest BCUT2D eigenvalue weighted by Gasteiger charge is 2.24. The zero-order chi connectivity index (χ0) is 24.4. The molecule has 3 atom stereocenters. The number of aryl methyl sites for hydroxylation is 3. The fourth-order valence-electron chi connectivity index (χ4n) is 5.35. The maximum Gasteiger partial charge on any atom is 0.123 e. The van der Waals surface area contributed by atoms with Crippen LogP contribution in [0.1, 0.15) is 88.6 Å². The predicted molar refractivity (Wildman–Crippen MR) is 144 cm³/mol. The van der Waals surface area contributed by atoms with E-state index in [0.29, 0.717) is 5.75 Å². The van der Waals surface area contributed by atoms with E-state index in [1.54, 1.807) is 0 Å². The molecule has 3 unspecified atom stereocenters. The van der Waals surface area contributed by atoms with Crippen LogP contribution in [0.15, 0.2) is 84.9 Å². The van der Waals surface area contributed by atoms with Crippen molar-refractivity contribution in [3.63, 3.8) is 0 Å². The van der Waals surface area contributed by atoms with Gasteiger partial charge < -0.3 is 5.11 Å². The quantitative estimate of drug-likeness (QED) is 0.312. The number of rotatable bonds is 6. The Kier molecular flexibility index (Phi) is 6.93. The second-order valence-electron chi connectivity index (χ2n) is 9.78. The largest absolute Gasteiger partial charge is 0.507 e. The molecule has 0 bridgehead atoms. The minimum absolute atomic E-state index is 0.0908. The molecule has 0 saturated carbocycles. The Balaban J connectivity index is 1.91. The van der Waals surface area contributed by atoms with Crippen LogP contribution in [0.25, 0.3) is 0 Å². The third kappa shape index (κ3) is 4.53. The predicted octanol–water partition coefficient (Wildman–Crippen LogP) is 8.77. The monoisotopic (exact) mass is 448 g/mol. The molecule has 4 aromatic carbocycles. The van der Waals surface area contributed by atoms with E-state index in [-0.39, 0.29) is 17.8 Å². The minimum atomic E-state index is 0.0908. The normalized spacial score (nSPS) is 13.9. The molecule has 1 heteroatoms.